The molecule has 0 saturated carbocycles. The fourth-order valence-corrected chi connectivity index (χ4v) is 2.55. The summed E-state index contributed by atoms with van der Waals surface area (Å²) in [5.41, 5.74) is 3.59. The lowest BCUT2D eigenvalue weighted by Gasteiger charge is -2.04. The molecular formula is C18H14N4O2. The summed E-state index contributed by atoms with van der Waals surface area (Å²) in [6.45, 7) is 1.80. The number of nitrogens with one attached hydrogen (secondary N) is 2. The van der Waals surface area contributed by atoms with Gasteiger partial charge in [0.1, 0.15) is 12.0 Å². The van der Waals surface area contributed by atoms with Crippen LogP contribution in [0.5, 0.6) is 0 Å². The Morgan fingerprint density at radius 3 is 2.67 bits per heavy atom. The normalized spacial score (nSPS) is 10.9. The Morgan fingerprint density at radius 1 is 1.12 bits per heavy atom. The van der Waals surface area contributed by atoms with E-state index in [1.807, 2.05) is 48.5 Å². The molecule has 0 unspecified atom stereocenters. The number of fused-ring (bicyclic) bond motifs is 1. The van der Waals surface area contributed by atoms with Gasteiger partial charge in [0.25, 0.3) is 5.91 Å². The van der Waals surface area contributed by atoms with Crippen LogP contribution in [0.2, 0.25) is 0 Å². The minimum absolute atomic E-state index is 0.252. The lowest BCUT2D eigenvalue weighted by Crippen LogP contribution is -2.12. The van der Waals surface area contributed by atoms with E-state index < -0.39 is 0 Å². The first-order valence-corrected chi connectivity index (χ1v) is 7.48. The summed E-state index contributed by atoms with van der Waals surface area (Å²) in [4.78, 5) is 16.7. The van der Waals surface area contributed by atoms with E-state index in [1.165, 1.54) is 0 Å². The lowest BCUT2D eigenvalue weighted by atomic mass is 10.1. The highest BCUT2D eigenvalue weighted by molar-refractivity contribution is 6.11. The van der Waals surface area contributed by atoms with E-state index in [2.05, 4.69) is 20.5 Å². The van der Waals surface area contributed by atoms with E-state index in [0.717, 1.165) is 22.2 Å². The van der Waals surface area contributed by atoms with Gasteiger partial charge in [-0.1, -0.05) is 30.3 Å². The molecule has 24 heavy (non-hydrogen) atoms. The molecule has 2 N–H and O–H groups in total. The monoisotopic (exact) mass is 318 g/mol. The number of aryl methyl sites for hydroxylation is 1. The van der Waals surface area contributed by atoms with Gasteiger partial charge >= 0.3 is 0 Å². The number of nitrogens with zero attached hydrogens (tertiary/aromatic N) is 2. The number of rotatable bonds is 3. The highest BCUT2D eigenvalue weighted by Gasteiger charge is 2.14. The number of carbonyl (C=O) groups excluding carboxylic acids is 1. The highest BCUT2D eigenvalue weighted by atomic mass is 16.3. The first-order valence-electron chi connectivity index (χ1n) is 7.48. The number of anilines is 1. The Hall–Kier alpha value is -3.41. The van der Waals surface area contributed by atoms with E-state index in [-0.39, 0.29) is 5.91 Å². The number of carbonyl (C=O) groups is 1. The molecular weight excluding hydrogens is 304 g/mol. The summed E-state index contributed by atoms with van der Waals surface area (Å²) in [6.07, 6.45) is 1.61. The number of hydrogen-bond donors (Lipinski definition) is 2. The molecule has 2 heterocycles. The van der Waals surface area contributed by atoms with E-state index in [4.69, 9.17) is 4.42 Å². The number of aromatic amines is 1. The van der Waals surface area contributed by atoms with Crippen molar-refractivity contribution in [3.63, 3.8) is 0 Å². The molecule has 118 valence electrons. The summed E-state index contributed by atoms with van der Waals surface area (Å²) in [5.74, 6) is 0.366. The Kier molecular flexibility index (Phi) is 3.35. The number of para-hydroxylation sites is 1. The van der Waals surface area contributed by atoms with Crippen molar-refractivity contribution < 1.29 is 9.21 Å². The second-order valence-corrected chi connectivity index (χ2v) is 5.40. The zero-order chi connectivity index (χ0) is 16.5. The predicted octanol–water partition coefficient (Wildman–Crippen LogP) is 3.78. The third-order valence-electron chi connectivity index (χ3n) is 3.74. The standard InChI is InChI=1S/C18H14N4O2/c1-11-19-16(10-24-11)12-6-8-13(9-7-12)20-18(23)17-14-4-2-3-5-15(14)21-22-17/h2-10H,1H3,(H,20,23)(H,21,22). The van der Waals surface area contributed by atoms with Crippen LogP contribution in [0.4, 0.5) is 5.69 Å². The molecule has 0 aliphatic heterocycles. The van der Waals surface area contributed by atoms with Gasteiger partial charge in [-0.2, -0.15) is 5.10 Å². The van der Waals surface area contributed by atoms with Crippen molar-refractivity contribution >= 4 is 22.5 Å². The van der Waals surface area contributed by atoms with Crippen molar-refractivity contribution in [1.29, 1.82) is 0 Å². The smallest absolute Gasteiger partial charge is 0.276 e. The van der Waals surface area contributed by atoms with Crippen LogP contribution in [-0.2, 0) is 0 Å². The van der Waals surface area contributed by atoms with Crippen LogP contribution in [0, 0.1) is 6.92 Å². The van der Waals surface area contributed by atoms with Gasteiger partial charge in [0.05, 0.1) is 5.52 Å². The fourth-order valence-electron chi connectivity index (χ4n) is 2.55. The molecule has 0 aliphatic rings. The third-order valence-corrected chi connectivity index (χ3v) is 3.74. The van der Waals surface area contributed by atoms with Crippen LogP contribution in [0.25, 0.3) is 22.2 Å². The number of hydrogen-bond acceptors (Lipinski definition) is 4. The molecule has 6 heteroatoms. The SMILES string of the molecule is Cc1nc(-c2ccc(NC(=O)c3n[nH]c4ccccc34)cc2)co1. The van der Waals surface area contributed by atoms with Gasteiger partial charge in [-0.25, -0.2) is 4.98 Å². The number of H-pyrrole nitrogens is 1. The summed E-state index contributed by atoms with van der Waals surface area (Å²) in [5, 5.41) is 10.6. The van der Waals surface area contributed by atoms with Gasteiger partial charge in [0.15, 0.2) is 11.6 Å². The molecule has 0 saturated heterocycles. The quantitative estimate of drug-likeness (QED) is 0.602. The minimum Gasteiger partial charge on any atom is -0.449 e. The Morgan fingerprint density at radius 2 is 1.92 bits per heavy atom. The average Bonchev–Trinajstić information content (AvgIpc) is 3.22. The third kappa shape index (κ3) is 2.54. The maximum absolute atomic E-state index is 12.4. The number of aromatic nitrogens is 3. The maximum atomic E-state index is 12.4. The molecule has 4 rings (SSSR count). The molecule has 0 atom stereocenters. The first kappa shape index (κ1) is 14.2. The van der Waals surface area contributed by atoms with Crippen molar-refractivity contribution in [1.82, 2.24) is 15.2 Å². The van der Waals surface area contributed by atoms with Gasteiger partial charge in [-0.15, -0.1) is 0 Å². The van der Waals surface area contributed by atoms with Crippen molar-refractivity contribution in [2.24, 2.45) is 0 Å². The molecule has 0 bridgehead atoms. The summed E-state index contributed by atoms with van der Waals surface area (Å²) in [6, 6.07) is 14.9. The second kappa shape index (κ2) is 5.66. The molecule has 2 aromatic heterocycles. The van der Waals surface area contributed by atoms with Gasteiger partial charge in [0, 0.05) is 23.6 Å². The Labute approximate surface area is 137 Å². The second-order valence-electron chi connectivity index (χ2n) is 5.40. The van der Waals surface area contributed by atoms with Crippen molar-refractivity contribution in [2.75, 3.05) is 5.32 Å². The predicted molar refractivity (Wildman–Crippen MR) is 90.7 cm³/mol. The highest BCUT2D eigenvalue weighted by Crippen LogP contribution is 2.22. The first-order chi connectivity index (χ1) is 11.7. The number of oxazole rings is 1. The number of benzene rings is 2. The largest absolute Gasteiger partial charge is 0.449 e. The Balaban J connectivity index is 1.56. The summed E-state index contributed by atoms with van der Waals surface area (Å²) >= 11 is 0. The fraction of sp³-hybridized carbons (Fsp3) is 0.0556. The zero-order valence-electron chi connectivity index (χ0n) is 12.9. The molecule has 1 amide bonds. The average molecular weight is 318 g/mol. The van der Waals surface area contributed by atoms with Gasteiger partial charge < -0.3 is 9.73 Å². The Bertz CT molecular complexity index is 1010. The van der Waals surface area contributed by atoms with Crippen molar-refractivity contribution in [2.45, 2.75) is 6.92 Å². The van der Waals surface area contributed by atoms with Crippen LogP contribution in [-0.4, -0.2) is 21.1 Å². The molecule has 0 aliphatic carbocycles. The molecule has 0 fully saturated rings. The molecule has 0 radical (unpaired) electrons. The van der Waals surface area contributed by atoms with Crippen LogP contribution in [0.1, 0.15) is 16.4 Å². The van der Waals surface area contributed by atoms with E-state index in [0.29, 0.717) is 17.3 Å². The zero-order valence-corrected chi connectivity index (χ0v) is 12.9. The lowest BCUT2D eigenvalue weighted by molar-refractivity contribution is 0.102. The van der Waals surface area contributed by atoms with Crippen molar-refractivity contribution in [3.05, 3.63) is 66.4 Å². The van der Waals surface area contributed by atoms with E-state index in [1.54, 1.807) is 13.2 Å². The van der Waals surface area contributed by atoms with E-state index >= 15 is 0 Å². The molecule has 4 aromatic rings. The summed E-state index contributed by atoms with van der Waals surface area (Å²) in [7, 11) is 0. The number of amides is 1. The minimum atomic E-state index is -0.252. The molecule has 2 aromatic carbocycles. The molecule has 0 spiro atoms. The van der Waals surface area contributed by atoms with Crippen LogP contribution in [0.15, 0.2) is 59.2 Å². The van der Waals surface area contributed by atoms with Crippen LogP contribution >= 0.6 is 0 Å². The van der Waals surface area contributed by atoms with Crippen LogP contribution in [0.3, 0.4) is 0 Å². The maximum Gasteiger partial charge on any atom is 0.276 e. The van der Waals surface area contributed by atoms with Crippen molar-refractivity contribution in [3.8, 4) is 11.3 Å². The van der Waals surface area contributed by atoms with Crippen LogP contribution < -0.4 is 5.32 Å². The van der Waals surface area contributed by atoms with Gasteiger partial charge in [-0.3, -0.25) is 9.89 Å². The topological polar surface area (TPSA) is 83.8 Å². The van der Waals surface area contributed by atoms with Gasteiger partial charge in [-0.05, 0) is 18.2 Å². The van der Waals surface area contributed by atoms with Gasteiger partial charge in [0.2, 0.25) is 0 Å². The van der Waals surface area contributed by atoms with E-state index in [9.17, 15) is 4.79 Å². The molecule has 6 nitrogen and oxygen atoms in total. The summed E-state index contributed by atoms with van der Waals surface area (Å²) < 4.78 is 5.21.